The predicted octanol–water partition coefficient (Wildman–Crippen LogP) is 1.48. The minimum Gasteiger partial charge on any atom is -0.508 e. The number of hydrogen-bond donors (Lipinski definition) is 4. The van der Waals surface area contributed by atoms with Gasteiger partial charge in [0.1, 0.15) is 11.8 Å². The highest BCUT2D eigenvalue weighted by molar-refractivity contribution is 5.86. The fourth-order valence-corrected chi connectivity index (χ4v) is 4.09. The van der Waals surface area contributed by atoms with Crippen LogP contribution in [0.25, 0.3) is 11.0 Å². The van der Waals surface area contributed by atoms with Gasteiger partial charge in [-0.2, -0.15) is 0 Å². The molecule has 2 aromatic carbocycles. The van der Waals surface area contributed by atoms with Crippen LogP contribution in [0.15, 0.2) is 53.3 Å². The van der Waals surface area contributed by atoms with Crippen molar-refractivity contribution in [3.05, 3.63) is 64.6 Å². The van der Waals surface area contributed by atoms with Gasteiger partial charge in [-0.1, -0.05) is 24.3 Å². The molecule has 9 nitrogen and oxygen atoms in total. The minimum absolute atomic E-state index is 0.00312. The van der Waals surface area contributed by atoms with Gasteiger partial charge in [0, 0.05) is 25.6 Å². The molecule has 1 aliphatic rings. The van der Waals surface area contributed by atoms with Crippen LogP contribution in [-0.4, -0.2) is 50.6 Å². The Morgan fingerprint density at radius 3 is 2.48 bits per heavy atom. The zero-order valence-corrected chi connectivity index (χ0v) is 17.0. The number of urea groups is 1. The van der Waals surface area contributed by atoms with Crippen molar-refractivity contribution < 1.29 is 14.7 Å². The lowest BCUT2D eigenvalue weighted by atomic mass is 10.0. The second kappa shape index (κ2) is 8.55. The van der Waals surface area contributed by atoms with E-state index in [9.17, 15) is 19.5 Å². The molecule has 1 aliphatic heterocycles. The first-order chi connectivity index (χ1) is 14.9. The Balaban J connectivity index is 1.39. The molecular formula is C22H25N5O4. The van der Waals surface area contributed by atoms with E-state index in [1.807, 2.05) is 24.3 Å². The maximum absolute atomic E-state index is 12.7. The number of amides is 3. The van der Waals surface area contributed by atoms with Gasteiger partial charge in [0.15, 0.2) is 0 Å². The number of aromatic nitrogens is 2. The lowest BCUT2D eigenvalue weighted by Gasteiger charge is -2.33. The fourth-order valence-electron chi connectivity index (χ4n) is 4.09. The van der Waals surface area contributed by atoms with Crippen molar-refractivity contribution in [1.29, 1.82) is 0 Å². The summed E-state index contributed by atoms with van der Waals surface area (Å²) in [4.78, 5) is 41.5. The topological polar surface area (TPSA) is 133 Å². The molecule has 0 radical (unpaired) electrons. The van der Waals surface area contributed by atoms with E-state index in [1.165, 1.54) is 12.1 Å². The van der Waals surface area contributed by atoms with Crippen molar-refractivity contribution in [1.82, 2.24) is 19.8 Å². The smallest absolute Gasteiger partial charge is 0.326 e. The maximum atomic E-state index is 12.7. The first kappa shape index (κ1) is 20.5. The summed E-state index contributed by atoms with van der Waals surface area (Å²) in [5, 5.41) is 12.1. The van der Waals surface area contributed by atoms with Crippen LogP contribution in [0.1, 0.15) is 24.4 Å². The molecule has 5 N–H and O–H groups in total. The highest BCUT2D eigenvalue weighted by atomic mass is 16.3. The Kier molecular flexibility index (Phi) is 5.66. The van der Waals surface area contributed by atoms with E-state index in [1.54, 1.807) is 21.6 Å². The normalized spacial score (nSPS) is 15.7. The number of carbonyl (C=O) groups excluding carboxylic acids is 2. The number of para-hydroxylation sites is 2. The summed E-state index contributed by atoms with van der Waals surface area (Å²) in [6.07, 6.45) is 1.51. The summed E-state index contributed by atoms with van der Waals surface area (Å²) in [7, 11) is 0. The number of carbonyl (C=O) groups is 2. The van der Waals surface area contributed by atoms with Crippen molar-refractivity contribution in [2.75, 3.05) is 13.1 Å². The largest absolute Gasteiger partial charge is 0.508 e. The SMILES string of the molecule is NC(=O)[C@@H](Cc1ccc(O)cc1)NC(=O)N1CCC(n2c(=O)[nH]c3ccccc32)CC1. The Labute approximate surface area is 178 Å². The van der Waals surface area contributed by atoms with Gasteiger partial charge in [-0.15, -0.1) is 0 Å². The molecule has 1 aromatic heterocycles. The first-order valence-corrected chi connectivity index (χ1v) is 10.2. The molecule has 2 heterocycles. The second-order valence-corrected chi connectivity index (χ2v) is 7.81. The van der Waals surface area contributed by atoms with Crippen molar-refractivity contribution in [3.8, 4) is 5.75 Å². The zero-order chi connectivity index (χ0) is 22.0. The number of H-pyrrole nitrogens is 1. The fraction of sp³-hybridized carbons (Fsp3) is 0.318. The Hall–Kier alpha value is -3.75. The maximum Gasteiger partial charge on any atom is 0.326 e. The number of rotatable bonds is 5. The number of piperidine rings is 1. The molecule has 9 heteroatoms. The van der Waals surface area contributed by atoms with E-state index in [2.05, 4.69) is 10.3 Å². The predicted molar refractivity (Wildman–Crippen MR) is 116 cm³/mol. The van der Waals surface area contributed by atoms with Gasteiger partial charge in [0.2, 0.25) is 5.91 Å². The Bertz CT molecular complexity index is 1140. The molecule has 1 saturated heterocycles. The van der Waals surface area contributed by atoms with E-state index < -0.39 is 11.9 Å². The van der Waals surface area contributed by atoms with E-state index in [-0.39, 0.29) is 29.9 Å². The van der Waals surface area contributed by atoms with Crippen LogP contribution in [0.5, 0.6) is 5.75 Å². The molecule has 3 amide bonds. The van der Waals surface area contributed by atoms with Gasteiger partial charge in [-0.3, -0.25) is 9.36 Å². The van der Waals surface area contributed by atoms with Gasteiger partial charge >= 0.3 is 11.7 Å². The molecule has 0 spiro atoms. The molecule has 3 aromatic rings. The summed E-state index contributed by atoms with van der Waals surface area (Å²) >= 11 is 0. The van der Waals surface area contributed by atoms with Crippen LogP contribution in [0.2, 0.25) is 0 Å². The Morgan fingerprint density at radius 1 is 1.13 bits per heavy atom. The van der Waals surface area contributed by atoms with Crippen LogP contribution < -0.4 is 16.7 Å². The third-order valence-corrected chi connectivity index (χ3v) is 5.76. The highest BCUT2D eigenvalue weighted by Crippen LogP contribution is 2.25. The number of hydrogen-bond acceptors (Lipinski definition) is 4. The zero-order valence-electron chi connectivity index (χ0n) is 17.0. The number of imidazole rings is 1. The van der Waals surface area contributed by atoms with Gasteiger partial charge in [-0.05, 0) is 42.7 Å². The van der Waals surface area contributed by atoms with Crippen molar-refractivity contribution >= 4 is 23.0 Å². The van der Waals surface area contributed by atoms with Crippen molar-refractivity contribution in [3.63, 3.8) is 0 Å². The number of primary amides is 1. The average molecular weight is 423 g/mol. The van der Waals surface area contributed by atoms with Gasteiger partial charge in [0.05, 0.1) is 11.0 Å². The Morgan fingerprint density at radius 2 is 1.81 bits per heavy atom. The molecule has 31 heavy (non-hydrogen) atoms. The number of likely N-dealkylation sites (tertiary alicyclic amines) is 1. The molecule has 0 bridgehead atoms. The van der Waals surface area contributed by atoms with Gasteiger partial charge in [0.25, 0.3) is 0 Å². The quantitative estimate of drug-likeness (QED) is 0.495. The number of phenolic OH excluding ortho intramolecular Hbond substituents is 1. The number of aromatic amines is 1. The summed E-state index contributed by atoms with van der Waals surface area (Å²) in [5.41, 5.74) is 7.77. The average Bonchev–Trinajstić information content (AvgIpc) is 3.10. The number of nitrogens with zero attached hydrogens (tertiary/aromatic N) is 2. The molecule has 0 unspecified atom stereocenters. The minimum atomic E-state index is -0.856. The number of fused-ring (bicyclic) bond motifs is 1. The van der Waals surface area contributed by atoms with Crippen LogP contribution in [-0.2, 0) is 11.2 Å². The van der Waals surface area contributed by atoms with Crippen LogP contribution in [0.3, 0.4) is 0 Å². The molecule has 0 saturated carbocycles. The molecule has 0 aliphatic carbocycles. The molecule has 1 fully saturated rings. The molecule has 1 atom stereocenters. The summed E-state index contributed by atoms with van der Waals surface area (Å²) in [5.74, 6) is -0.498. The first-order valence-electron chi connectivity index (χ1n) is 10.2. The summed E-state index contributed by atoms with van der Waals surface area (Å²) in [6, 6.07) is 12.7. The third kappa shape index (κ3) is 4.40. The van der Waals surface area contributed by atoms with Crippen molar-refractivity contribution in [2.45, 2.75) is 31.3 Å². The molecule has 162 valence electrons. The number of aromatic hydroxyl groups is 1. The third-order valence-electron chi connectivity index (χ3n) is 5.76. The molecule has 4 rings (SSSR count). The van der Waals surface area contributed by atoms with E-state index in [0.717, 1.165) is 16.6 Å². The summed E-state index contributed by atoms with van der Waals surface area (Å²) in [6.45, 7) is 0.931. The number of nitrogens with two attached hydrogens (primary N) is 1. The monoisotopic (exact) mass is 423 g/mol. The van der Waals surface area contributed by atoms with Gasteiger partial charge in [-0.25, -0.2) is 9.59 Å². The second-order valence-electron chi connectivity index (χ2n) is 7.81. The molecular weight excluding hydrogens is 398 g/mol. The highest BCUT2D eigenvalue weighted by Gasteiger charge is 2.28. The van der Waals surface area contributed by atoms with E-state index in [4.69, 9.17) is 5.73 Å². The lowest BCUT2D eigenvalue weighted by molar-refractivity contribution is -0.119. The lowest BCUT2D eigenvalue weighted by Crippen LogP contribution is -2.52. The van der Waals surface area contributed by atoms with Crippen LogP contribution in [0.4, 0.5) is 4.79 Å². The number of benzene rings is 2. The van der Waals surface area contributed by atoms with Gasteiger partial charge < -0.3 is 26.0 Å². The number of phenols is 1. The number of nitrogens with one attached hydrogen (secondary N) is 2. The van der Waals surface area contributed by atoms with Crippen molar-refractivity contribution in [2.24, 2.45) is 5.73 Å². The van der Waals surface area contributed by atoms with Crippen LogP contribution in [0, 0.1) is 0 Å². The van der Waals surface area contributed by atoms with E-state index >= 15 is 0 Å². The summed E-state index contributed by atoms with van der Waals surface area (Å²) < 4.78 is 1.77. The van der Waals surface area contributed by atoms with Crippen LogP contribution >= 0.6 is 0 Å². The van der Waals surface area contributed by atoms with E-state index in [0.29, 0.717) is 25.9 Å². The standard InChI is InChI=1S/C22H25N5O4/c23-20(29)18(13-14-5-7-16(28)8-6-14)25-21(30)26-11-9-15(10-12-26)27-19-4-2-1-3-17(19)24-22(27)31/h1-8,15,18,28H,9-13H2,(H2,23,29)(H,24,31)(H,25,30)/t18-/m1/s1.